The summed E-state index contributed by atoms with van der Waals surface area (Å²) >= 11 is 0. The van der Waals surface area contributed by atoms with E-state index in [2.05, 4.69) is 10.6 Å². The zero-order chi connectivity index (χ0) is 15.5. The Hall–Kier alpha value is -2.11. The van der Waals surface area contributed by atoms with Crippen molar-refractivity contribution in [2.45, 2.75) is 26.2 Å². The Bertz CT molecular complexity index is 466. The smallest absolute Gasteiger partial charge is 0.407 e. The third-order valence-corrected chi connectivity index (χ3v) is 2.75. The highest BCUT2D eigenvalue weighted by atomic mass is 19.1. The van der Waals surface area contributed by atoms with Crippen molar-refractivity contribution < 1.29 is 18.7 Å². The van der Waals surface area contributed by atoms with E-state index in [-0.39, 0.29) is 11.7 Å². The van der Waals surface area contributed by atoms with Gasteiger partial charge in [-0.05, 0) is 37.5 Å². The molecular formula is C15H21FN2O3. The van der Waals surface area contributed by atoms with Crippen LogP contribution in [0, 0.1) is 5.82 Å². The largest absolute Gasteiger partial charge is 0.450 e. The van der Waals surface area contributed by atoms with Crippen LogP contribution in [0.3, 0.4) is 0 Å². The first kappa shape index (κ1) is 16.9. The summed E-state index contributed by atoms with van der Waals surface area (Å²) in [5.41, 5.74) is 0.847. The molecule has 0 saturated carbocycles. The first-order chi connectivity index (χ1) is 10.1. The molecular weight excluding hydrogens is 275 g/mol. The molecule has 0 aliphatic carbocycles. The van der Waals surface area contributed by atoms with Gasteiger partial charge in [0.15, 0.2) is 0 Å². The molecule has 1 rings (SSSR count). The lowest BCUT2D eigenvalue weighted by molar-refractivity contribution is -0.121. The summed E-state index contributed by atoms with van der Waals surface area (Å²) in [6.07, 6.45) is 0.995. The summed E-state index contributed by atoms with van der Waals surface area (Å²) < 4.78 is 17.6. The number of hydrogen-bond donors (Lipinski definition) is 2. The monoisotopic (exact) mass is 296 g/mol. The number of benzene rings is 1. The molecule has 0 aromatic heterocycles. The van der Waals surface area contributed by atoms with Crippen molar-refractivity contribution in [3.8, 4) is 0 Å². The molecule has 0 fully saturated rings. The Labute approximate surface area is 123 Å². The van der Waals surface area contributed by atoms with E-state index in [4.69, 9.17) is 4.74 Å². The lowest BCUT2D eigenvalue weighted by atomic mass is 10.1. The van der Waals surface area contributed by atoms with E-state index in [1.165, 1.54) is 12.1 Å². The number of nitrogens with one attached hydrogen (secondary N) is 2. The van der Waals surface area contributed by atoms with E-state index in [1.807, 2.05) is 6.07 Å². The minimum atomic E-state index is -0.469. The highest BCUT2D eigenvalue weighted by Crippen LogP contribution is 2.03. The minimum absolute atomic E-state index is 0.0861. The average Bonchev–Trinajstić information content (AvgIpc) is 2.44. The van der Waals surface area contributed by atoms with Gasteiger partial charge in [-0.15, -0.1) is 0 Å². The first-order valence-corrected chi connectivity index (χ1v) is 7.03. The van der Waals surface area contributed by atoms with E-state index in [1.54, 1.807) is 13.0 Å². The van der Waals surface area contributed by atoms with Gasteiger partial charge in [0.25, 0.3) is 0 Å². The molecule has 1 aromatic rings. The number of halogens is 1. The number of alkyl carbamates (subject to hydrolysis) is 1. The van der Waals surface area contributed by atoms with Gasteiger partial charge in [0, 0.05) is 19.5 Å². The van der Waals surface area contributed by atoms with Gasteiger partial charge in [-0.2, -0.15) is 0 Å². The summed E-state index contributed by atoms with van der Waals surface area (Å²) in [6, 6.07) is 6.31. The molecule has 0 unspecified atom stereocenters. The van der Waals surface area contributed by atoms with Gasteiger partial charge in [0.05, 0.1) is 6.61 Å². The first-order valence-electron chi connectivity index (χ1n) is 7.03. The van der Waals surface area contributed by atoms with E-state index in [0.29, 0.717) is 39.0 Å². The summed E-state index contributed by atoms with van der Waals surface area (Å²) in [7, 11) is 0. The van der Waals surface area contributed by atoms with Crippen molar-refractivity contribution in [3.05, 3.63) is 35.6 Å². The van der Waals surface area contributed by atoms with Crippen molar-refractivity contribution in [3.63, 3.8) is 0 Å². The standard InChI is InChI=1S/C15H21FN2O3/c1-2-21-15(20)18-9-4-7-14(19)17-10-8-12-5-3-6-13(16)11-12/h3,5-6,11H,2,4,7-10H2,1H3,(H,17,19)(H,18,20). The zero-order valence-corrected chi connectivity index (χ0v) is 12.2. The summed E-state index contributed by atoms with van der Waals surface area (Å²) in [6.45, 7) is 2.92. The Morgan fingerprint density at radius 1 is 1.24 bits per heavy atom. The third-order valence-electron chi connectivity index (χ3n) is 2.75. The molecule has 0 bridgehead atoms. The van der Waals surface area contributed by atoms with Crippen LogP contribution in [0.5, 0.6) is 0 Å². The Kier molecular flexibility index (Phi) is 7.86. The average molecular weight is 296 g/mol. The summed E-state index contributed by atoms with van der Waals surface area (Å²) in [5, 5.41) is 5.30. The molecule has 0 radical (unpaired) electrons. The Morgan fingerprint density at radius 2 is 2.05 bits per heavy atom. The van der Waals surface area contributed by atoms with Gasteiger partial charge in [-0.25, -0.2) is 9.18 Å². The second kappa shape index (κ2) is 9.74. The van der Waals surface area contributed by atoms with Gasteiger partial charge in [0.1, 0.15) is 5.82 Å². The highest BCUT2D eigenvalue weighted by Gasteiger charge is 2.03. The molecule has 0 saturated heterocycles. The molecule has 0 aliphatic rings. The fourth-order valence-electron chi connectivity index (χ4n) is 1.75. The maximum atomic E-state index is 12.9. The molecule has 21 heavy (non-hydrogen) atoms. The molecule has 0 spiro atoms. The van der Waals surface area contributed by atoms with Gasteiger partial charge < -0.3 is 15.4 Å². The molecule has 0 aliphatic heterocycles. The van der Waals surface area contributed by atoms with Crippen LogP contribution in [0.15, 0.2) is 24.3 Å². The van der Waals surface area contributed by atoms with E-state index < -0.39 is 6.09 Å². The molecule has 1 aromatic carbocycles. The summed E-state index contributed by atoms with van der Waals surface area (Å²) in [4.78, 5) is 22.5. The Balaban J connectivity index is 2.07. The van der Waals surface area contributed by atoms with Crippen molar-refractivity contribution in [2.24, 2.45) is 0 Å². The Morgan fingerprint density at radius 3 is 2.76 bits per heavy atom. The number of ether oxygens (including phenoxy) is 1. The fourth-order valence-corrected chi connectivity index (χ4v) is 1.75. The van der Waals surface area contributed by atoms with Gasteiger partial charge in [-0.3, -0.25) is 4.79 Å². The molecule has 6 heteroatoms. The summed E-state index contributed by atoms with van der Waals surface area (Å²) in [5.74, 6) is -0.360. The third kappa shape index (κ3) is 7.91. The van der Waals surface area contributed by atoms with Crippen LogP contribution in [0.25, 0.3) is 0 Å². The molecule has 0 heterocycles. The predicted molar refractivity (Wildman–Crippen MR) is 77.4 cm³/mol. The van der Waals surface area contributed by atoms with E-state index in [9.17, 15) is 14.0 Å². The fraction of sp³-hybridized carbons (Fsp3) is 0.467. The van der Waals surface area contributed by atoms with Crippen LogP contribution in [0.4, 0.5) is 9.18 Å². The van der Waals surface area contributed by atoms with Crippen LogP contribution in [-0.2, 0) is 16.0 Å². The second-order valence-corrected chi connectivity index (χ2v) is 4.48. The van der Waals surface area contributed by atoms with Crippen LogP contribution in [0.1, 0.15) is 25.3 Å². The van der Waals surface area contributed by atoms with Crippen molar-refractivity contribution >= 4 is 12.0 Å². The zero-order valence-electron chi connectivity index (χ0n) is 12.2. The molecule has 5 nitrogen and oxygen atoms in total. The number of carbonyl (C=O) groups is 2. The second-order valence-electron chi connectivity index (χ2n) is 4.48. The van der Waals surface area contributed by atoms with Gasteiger partial charge >= 0.3 is 6.09 Å². The minimum Gasteiger partial charge on any atom is -0.450 e. The number of carbonyl (C=O) groups excluding carboxylic acids is 2. The van der Waals surface area contributed by atoms with E-state index in [0.717, 1.165) is 5.56 Å². The molecule has 116 valence electrons. The number of rotatable bonds is 8. The molecule has 0 atom stereocenters. The van der Waals surface area contributed by atoms with Crippen LogP contribution in [-0.4, -0.2) is 31.7 Å². The van der Waals surface area contributed by atoms with Crippen molar-refractivity contribution in [2.75, 3.05) is 19.7 Å². The molecule has 2 amide bonds. The molecule has 2 N–H and O–H groups in total. The topological polar surface area (TPSA) is 67.4 Å². The van der Waals surface area contributed by atoms with E-state index >= 15 is 0 Å². The van der Waals surface area contributed by atoms with Gasteiger partial charge in [0.2, 0.25) is 5.91 Å². The van der Waals surface area contributed by atoms with Crippen molar-refractivity contribution in [1.29, 1.82) is 0 Å². The number of hydrogen-bond acceptors (Lipinski definition) is 3. The van der Waals surface area contributed by atoms with Crippen molar-refractivity contribution in [1.82, 2.24) is 10.6 Å². The van der Waals surface area contributed by atoms with Gasteiger partial charge in [-0.1, -0.05) is 12.1 Å². The lowest BCUT2D eigenvalue weighted by Crippen LogP contribution is -2.28. The van der Waals surface area contributed by atoms with Crippen LogP contribution < -0.4 is 10.6 Å². The maximum absolute atomic E-state index is 12.9. The van der Waals surface area contributed by atoms with Crippen LogP contribution in [0.2, 0.25) is 0 Å². The van der Waals surface area contributed by atoms with Crippen LogP contribution >= 0.6 is 0 Å². The SMILES string of the molecule is CCOC(=O)NCCCC(=O)NCCc1cccc(F)c1. The maximum Gasteiger partial charge on any atom is 0.407 e. The highest BCUT2D eigenvalue weighted by molar-refractivity contribution is 5.75. The number of amides is 2. The quantitative estimate of drug-likeness (QED) is 0.721. The lowest BCUT2D eigenvalue weighted by Gasteiger charge is -2.06. The predicted octanol–water partition coefficient (Wildman–Crippen LogP) is 2.01. The normalized spacial score (nSPS) is 10.0.